The Morgan fingerprint density at radius 2 is 2.20 bits per heavy atom. The number of rotatable bonds is 5. The maximum atomic E-state index is 12.2. The second kappa shape index (κ2) is 5.92. The van der Waals surface area contributed by atoms with Crippen LogP contribution < -0.4 is 10.5 Å². The fourth-order valence-electron chi connectivity index (χ4n) is 1.95. The van der Waals surface area contributed by atoms with Crippen molar-refractivity contribution in [2.75, 3.05) is 13.1 Å². The van der Waals surface area contributed by atoms with E-state index in [4.69, 9.17) is 5.73 Å². The van der Waals surface area contributed by atoms with Crippen LogP contribution in [0.1, 0.15) is 31.7 Å². The first-order valence-electron chi connectivity index (χ1n) is 6.65. The maximum Gasteiger partial charge on any atom is 0.242 e. The van der Waals surface area contributed by atoms with Crippen LogP contribution >= 0.6 is 0 Å². The smallest absolute Gasteiger partial charge is 0.242 e. The number of pyridine rings is 1. The van der Waals surface area contributed by atoms with E-state index in [1.807, 2.05) is 0 Å². The largest absolute Gasteiger partial charge is 0.320 e. The standard InChI is InChI=1S/C14H19N3O2S/c1-2-14(5-6-14)11-17-20(18,19)13-8-12(4-3-7-15)9-16-10-13/h8-10,17H,2,5-7,11,15H2,1H3. The number of nitrogens with two attached hydrogens (primary N) is 1. The van der Waals surface area contributed by atoms with Crippen molar-refractivity contribution in [1.29, 1.82) is 0 Å². The highest BCUT2D eigenvalue weighted by atomic mass is 32.2. The highest BCUT2D eigenvalue weighted by Gasteiger charge is 2.41. The average molecular weight is 293 g/mol. The van der Waals surface area contributed by atoms with Gasteiger partial charge in [0.2, 0.25) is 10.0 Å². The average Bonchev–Trinajstić information content (AvgIpc) is 3.24. The van der Waals surface area contributed by atoms with Gasteiger partial charge in [0.25, 0.3) is 0 Å². The molecular weight excluding hydrogens is 274 g/mol. The van der Waals surface area contributed by atoms with Crippen LogP contribution in [0.3, 0.4) is 0 Å². The zero-order valence-electron chi connectivity index (χ0n) is 11.5. The zero-order chi connectivity index (χ0) is 14.6. The molecule has 0 radical (unpaired) electrons. The van der Waals surface area contributed by atoms with E-state index in [0.717, 1.165) is 19.3 Å². The van der Waals surface area contributed by atoms with E-state index in [0.29, 0.717) is 12.1 Å². The van der Waals surface area contributed by atoms with Crippen molar-refractivity contribution in [2.45, 2.75) is 31.1 Å². The van der Waals surface area contributed by atoms with Crippen LogP contribution in [-0.4, -0.2) is 26.5 Å². The fraction of sp³-hybridized carbons (Fsp3) is 0.500. The number of nitrogens with zero attached hydrogens (tertiary/aromatic N) is 1. The fourth-order valence-corrected chi connectivity index (χ4v) is 3.10. The number of sulfonamides is 1. The summed E-state index contributed by atoms with van der Waals surface area (Å²) in [5.41, 5.74) is 6.01. The SMILES string of the molecule is CCC1(CNS(=O)(=O)c2cncc(C#CCN)c2)CC1. The lowest BCUT2D eigenvalue weighted by Gasteiger charge is -2.13. The maximum absolute atomic E-state index is 12.2. The first-order valence-corrected chi connectivity index (χ1v) is 8.13. The van der Waals surface area contributed by atoms with E-state index in [1.54, 1.807) is 0 Å². The van der Waals surface area contributed by atoms with Crippen molar-refractivity contribution in [3.05, 3.63) is 24.0 Å². The van der Waals surface area contributed by atoms with Gasteiger partial charge in [-0.25, -0.2) is 13.1 Å². The first kappa shape index (κ1) is 15.0. The molecule has 0 spiro atoms. The van der Waals surface area contributed by atoms with Crippen LogP contribution in [0.25, 0.3) is 0 Å². The Hall–Kier alpha value is -1.42. The minimum Gasteiger partial charge on any atom is -0.320 e. The minimum absolute atomic E-state index is 0.147. The molecule has 1 saturated carbocycles. The Morgan fingerprint density at radius 1 is 1.45 bits per heavy atom. The number of nitrogens with one attached hydrogen (secondary N) is 1. The van der Waals surface area contributed by atoms with Crippen molar-refractivity contribution >= 4 is 10.0 Å². The van der Waals surface area contributed by atoms with Gasteiger partial charge >= 0.3 is 0 Å². The normalized spacial score (nSPS) is 16.3. The molecule has 0 amide bonds. The van der Waals surface area contributed by atoms with E-state index >= 15 is 0 Å². The molecule has 20 heavy (non-hydrogen) atoms. The Kier molecular flexibility index (Phi) is 4.43. The lowest BCUT2D eigenvalue weighted by atomic mass is 10.1. The molecule has 1 aromatic heterocycles. The van der Waals surface area contributed by atoms with E-state index in [2.05, 4.69) is 28.5 Å². The highest BCUT2D eigenvalue weighted by Crippen LogP contribution is 2.48. The molecule has 0 saturated heterocycles. The quantitative estimate of drug-likeness (QED) is 0.789. The summed E-state index contributed by atoms with van der Waals surface area (Å²) < 4.78 is 27.1. The third kappa shape index (κ3) is 3.57. The van der Waals surface area contributed by atoms with Crippen molar-refractivity contribution in [1.82, 2.24) is 9.71 Å². The summed E-state index contributed by atoms with van der Waals surface area (Å²) in [5.74, 6) is 5.46. The number of hydrogen-bond acceptors (Lipinski definition) is 4. The third-order valence-electron chi connectivity index (χ3n) is 3.70. The molecule has 1 fully saturated rings. The van der Waals surface area contributed by atoms with Gasteiger partial charge in [0.05, 0.1) is 6.54 Å². The van der Waals surface area contributed by atoms with Crippen LogP contribution in [0.15, 0.2) is 23.4 Å². The van der Waals surface area contributed by atoms with Crippen molar-refractivity contribution in [3.63, 3.8) is 0 Å². The zero-order valence-corrected chi connectivity index (χ0v) is 12.3. The van der Waals surface area contributed by atoms with Gasteiger partial charge in [-0.1, -0.05) is 18.8 Å². The van der Waals surface area contributed by atoms with E-state index < -0.39 is 10.0 Å². The Labute approximate surface area is 120 Å². The lowest BCUT2D eigenvalue weighted by Crippen LogP contribution is -2.30. The second-order valence-electron chi connectivity index (χ2n) is 5.09. The van der Waals surface area contributed by atoms with Gasteiger partial charge in [-0.05, 0) is 30.7 Å². The predicted octanol–water partition coefficient (Wildman–Crippen LogP) is 0.860. The molecule has 6 heteroatoms. The Bertz CT molecular complexity index is 640. The molecule has 0 atom stereocenters. The van der Waals surface area contributed by atoms with Crippen LogP contribution in [0.2, 0.25) is 0 Å². The molecule has 0 aliphatic heterocycles. The Balaban J connectivity index is 2.12. The summed E-state index contributed by atoms with van der Waals surface area (Å²) in [4.78, 5) is 4.07. The van der Waals surface area contributed by atoms with Gasteiger partial charge in [0.15, 0.2) is 0 Å². The van der Waals surface area contributed by atoms with Gasteiger partial charge in [0, 0.05) is 24.5 Å². The summed E-state index contributed by atoms with van der Waals surface area (Å²) in [6, 6.07) is 1.52. The number of hydrogen-bond donors (Lipinski definition) is 2. The van der Waals surface area contributed by atoms with Gasteiger partial charge < -0.3 is 5.73 Å². The van der Waals surface area contributed by atoms with E-state index in [1.165, 1.54) is 18.5 Å². The highest BCUT2D eigenvalue weighted by molar-refractivity contribution is 7.89. The number of aromatic nitrogens is 1. The van der Waals surface area contributed by atoms with Crippen LogP contribution in [0, 0.1) is 17.3 Å². The molecule has 0 bridgehead atoms. The molecule has 0 unspecified atom stereocenters. The molecule has 1 aliphatic rings. The van der Waals surface area contributed by atoms with Gasteiger partial charge in [-0.15, -0.1) is 0 Å². The monoisotopic (exact) mass is 293 g/mol. The summed E-state index contributed by atoms with van der Waals surface area (Å²) in [7, 11) is -3.52. The molecule has 0 aromatic carbocycles. The topological polar surface area (TPSA) is 85.1 Å². The van der Waals surface area contributed by atoms with Gasteiger partial charge in [-0.2, -0.15) is 0 Å². The molecule has 1 aromatic rings. The van der Waals surface area contributed by atoms with Gasteiger partial charge in [-0.3, -0.25) is 4.98 Å². The molecule has 108 valence electrons. The summed E-state index contributed by atoms with van der Waals surface area (Å²) in [6.45, 7) is 2.81. The van der Waals surface area contributed by atoms with Crippen molar-refractivity contribution in [2.24, 2.45) is 11.1 Å². The molecule has 1 aliphatic carbocycles. The minimum atomic E-state index is -3.52. The van der Waals surface area contributed by atoms with E-state index in [-0.39, 0.29) is 16.9 Å². The first-order chi connectivity index (χ1) is 9.51. The second-order valence-corrected chi connectivity index (χ2v) is 6.86. The third-order valence-corrected chi connectivity index (χ3v) is 5.07. The van der Waals surface area contributed by atoms with Crippen LogP contribution in [0.5, 0.6) is 0 Å². The molecule has 5 nitrogen and oxygen atoms in total. The van der Waals surface area contributed by atoms with Gasteiger partial charge in [0.1, 0.15) is 4.90 Å². The predicted molar refractivity (Wildman–Crippen MR) is 77.3 cm³/mol. The lowest BCUT2D eigenvalue weighted by molar-refractivity contribution is 0.475. The Morgan fingerprint density at radius 3 is 2.80 bits per heavy atom. The molecule has 3 N–H and O–H groups in total. The molecule has 1 heterocycles. The van der Waals surface area contributed by atoms with Crippen molar-refractivity contribution in [3.8, 4) is 11.8 Å². The molecular formula is C14H19N3O2S. The summed E-state index contributed by atoms with van der Waals surface area (Å²) in [5, 5.41) is 0. The van der Waals surface area contributed by atoms with Crippen molar-refractivity contribution < 1.29 is 8.42 Å². The molecule has 2 rings (SSSR count). The summed E-state index contributed by atoms with van der Waals surface area (Å²) in [6.07, 6.45) is 6.03. The van der Waals surface area contributed by atoms with E-state index in [9.17, 15) is 8.42 Å². The van der Waals surface area contributed by atoms with Crippen LogP contribution in [-0.2, 0) is 10.0 Å². The summed E-state index contributed by atoms with van der Waals surface area (Å²) >= 11 is 0. The van der Waals surface area contributed by atoms with Crippen LogP contribution in [0.4, 0.5) is 0 Å².